The molecule has 0 bridgehead atoms. The third-order valence-electron chi connectivity index (χ3n) is 4.10. The summed E-state index contributed by atoms with van der Waals surface area (Å²) in [6, 6.07) is 28.8. The van der Waals surface area contributed by atoms with Gasteiger partial charge in [-0.2, -0.15) is 0 Å². The number of benzene rings is 3. The van der Waals surface area contributed by atoms with Crippen LogP contribution in [0, 0.1) is 0 Å². The standard InChI is InChI=1S/C19H18O2SSi/c1-22(20,21)23(17-11-5-2-6-12-17,18-13-7-3-8-14-18)19-15-9-4-10-16-19/h2-16H,1H3. The average molecular weight is 339 g/mol. The molecule has 0 aliphatic heterocycles. The molecule has 3 aromatic carbocycles. The molecule has 0 spiro atoms. The Hall–Kier alpha value is -2.17. The summed E-state index contributed by atoms with van der Waals surface area (Å²) in [7, 11) is -6.50. The lowest BCUT2D eigenvalue weighted by Gasteiger charge is -2.30. The third-order valence-corrected chi connectivity index (χ3v) is 14.1. The van der Waals surface area contributed by atoms with Crippen LogP contribution in [0.1, 0.15) is 0 Å². The Labute approximate surface area is 138 Å². The van der Waals surface area contributed by atoms with Crippen molar-refractivity contribution in [2.45, 2.75) is 0 Å². The number of hydrogen-bond donors (Lipinski definition) is 0. The first-order chi connectivity index (χ1) is 11.1. The van der Waals surface area contributed by atoms with Gasteiger partial charge in [0.15, 0.2) is 0 Å². The summed E-state index contributed by atoms with van der Waals surface area (Å²) in [5, 5.41) is 2.67. The number of hydrogen-bond acceptors (Lipinski definition) is 2. The van der Waals surface area contributed by atoms with Crippen molar-refractivity contribution < 1.29 is 8.42 Å². The minimum Gasteiger partial charge on any atom is -0.235 e. The predicted octanol–water partition coefficient (Wildman–Crippen LogP) is 1.70. The normalized spacial score (nSPS) is 12.0. The van der Waals surface area contributed by atoms with E-state index < -0.39 is 16.5 Å². The molecule has 0 amide bonds. The second-order valence-corrected chi connectivity index (χ2v) is 14.3. The van der Waals surface area contributed by atoms with Gasteiger partial charge in [-0.05, 0) is 15.6 Å². The van der Waals surface area contributed by atoms with Crippen molar-refractivity contribution >= 4 is 32.1 Å². The van der Waals surface area contributed by atoms with E-state index in [2.05, 4.69) is 0 Å². The van der Waals surface area contributed by atoms with Crippen LogP contribution in [0.25, 0.3) is 0 Å². The Bertz CT molecular complexity index is 780. The summed E-state index contributed by atoms with van der Waals surface area (Å²) in [5.41, 5.74) is 0. The Kier molecular flexibility index (Phi) is 4.20. The molecule has 0 saturated carbocycles. The highest BCUT2D eigenvalue weighted by Crippen LogP contribution is 2.13. The van der Waals surface area contributed by atoms with E-state index in [9.17, 15) is 8.42 Å². The van der Waals surface area contributed by atoms with E-state index in [4.69, 9.17) is 0 Å². The van der Waals surface area contributed by atoms with Crippen molar-refractivity contribution in [2.75, 3.05) is 6.26 Å². The molecule has 0 N–H and O–H groups in total. The maximum absolute atomic E-state index is 13.1. The van der Waals surface area contributed by atoms with Gasteiger partial charge in [-0.3, -0.25) is 0 Å². The SMILES string of the molecule is CS(=O)(=O)[Si](c1ccccc1)(c1ccccc1)c1ccccc1. The van der Waals surface area contributed by atoms with Gasteiger partial charge in [-0.1, -0.05) is 91.0 Å². The third kappa shape index (κ3) is 2.64. The first-order valence-electron chi connectivity index (χ1n) is 7.43. The predicted molar refractivity (Wildman–Crippen MR) is 98.8 cm³/mol. The lowest BCUT2D eigenvalue weighted by atomic mass is 10.3. The zero-order valence-corrected chi connectivity index (χ0v) is 14.7. The van der Waals surface area contributed by atoms with Gasteiger partial charge in [-0.25, -0.2) is 8.42 Å². The molecule has 0 aliphatic carbocycles. The van der Waals surface area contributed by atoms with Crippen LogP contribution in [0.4, 0.5) is 0 Å². The van der Waals surface area contributed by atoms with Crippen LogP contribution in [-0.2, 0) is 9.29 Å². The summed E-state index contributed by atoms with van der Waals surface area (Å²) in [5.74, 6) is 0. The van der Waals surface area contributed by atoms with E-state index in [1.165, 1.54) is 6.26 Å². The molecule has 0 saturated heterocycles. The fourth-order valence-corrected chi connectivity index (χ4v) is 12.5. The Morgan fingerprint density at radius 3 is 1.04 bits per heavy atom. The molecule has 0 heterocycles. The molecular formula is C19H18O2SSi. The lowest BCUT2D eigenvalue weighted by molar-refractivity contribution is 0.613. The van der Waals surface area contributed by atoms with Crippen molar-refractivity contribution in [1.82, 2.24) is 0 Å². The van der Waals surface area contributed by atoms with Crippen LogP contribution in [0.2, 0.25) is 0 Å². The van der Waals surface area contributed by atoms with Crippen molar-refractivity contribution in [3.63, 3.8) is 0 Å². The first kappa shape index (κ1) is 15.7. The van der Waals surface area contributed by atoms with Crippen LogP contribution in [0.15, 0.2) is 91.0 Å². The van der Waals surface area contributed by atoms with Crippen molar-refractivity contribution in [3.8, 4) is 0 Å². The van der Waals surface area contributed by atoms with Gasteiger partial charge in [0.2, 0.25) is 0 Å². The van der Waals surface area contributed by atoms with E-state index in [0.29, 0.717) is 0 Å². The Morgan fingerprint density at radius 2 is 0.826 bits per heavy atom. The van der Waals surface area contributed by atoms with Gasteiger partial charge in [0.1, 0.15) is 9.29 Å². The van der Waals surface area contributed by atoms with E-state index in [1.54, 1.807) is 0 Å². The average Bonchev–Trinajstić information content (AvgIpc) is 2.57. The molecule has 0 fully saturated rings. The lowest BCUT2D eigenvalue weighted by Crippen LogP contribution is -2.71. The largest absolute Gasteiger partial charge is 0.286 e. The highest BCUT2D eigenvalue weighted by molar-refractivity contribution is 8.26. The van der Waals surface area contributed by atoms with Crippen LogP contribution in [0.5, 0.6) is 0 Å². The quantitative estimate of drug-likeness (QED) is 0.536. The van der Waals surface area contributed by atoms with Gasteiger partial charge in [-0.15, -0.1) is 0 Å². The summed E-state index contributed by atoms with van der Waals surface area (Å²) < 4.78 is 26.2. The molecule has 3 aromatic rings. The van der Waals surface area contributed by atoms with Crippen molar-refractivity contribution in [3.05, 3.63) is 91.0 Å². The summed E-state index contributed by atoms with van der Waals surface area (Å²) >= 11 is 0. The van der Waals surface area contributed by atoms with Crippen molar-refractivity contribution in [2.24, 2.45) is 0 Å². The fraction of sp³-hybridized carbons (Fsp3) is 0.0526. The first-order valence-corrected chi connectivity index (χ1v) is 12.0. The van der Waals surface area contributed by atoms with Crippen LogP contribution < -0.4 is 15.6 Å². The Morgan fingerprint density at radius 1 is 0.565 bits per heavy atom. The molecule has 0 radical (unpaired) electrons. The minimum atomic E-state index is -3.35. The molecule has 2 nitrogen and oxygen atoms in total. The van der Waals surface area contributed by atoms with Crippen LogP contribution in [-0.4, -0.2) is 21.9 Å². The summed E-state index contributed by atoms with van der Waals surface area (Å²) in [6.07, 6.45) is 1.37. The smallest absolute Gasteiger partial charge is 0.235 e. The molecule has 0 unspecified atom stereocenters. The summed E-state index contributed by atoms with van der Waals surface area (Å²) in [4.78, 5) is 0. The van der Waals surface area contributed by atoms with Gasteiger partial charge in [0.25, 0.3) is 7.22 Å². The molecule has 4 heteroatoms. The van der Waals surface area contributed by atoms with E-state index in [-0.39, 0.29) is 0 Å². The second-order valence-electron chi connectivity index (χ2n) is 5.55. The molecule has 23 heavy (non-hydrogen) atoms. The summed E-state index contributed by atoms with van der Waals surface area (Å²) in [6.45, 7) is 0. The second kappa shape index (κ2) is 6.14. The monoisotopic (exact) mass is 338 g/mol. The zero-order valence-electron chi connectivity index (χ0n) is 12.9. The molecular weight excluding hydrogens is 320 g/mol. The zero-order chi connectivity index (χ0) is 16.3. The van der Waals surface area contributed by atoms with Crippen molar-refractivity contribution in [1.29, 1.82) is 0 Å². The van der Waals surface area contributed by atoms with Crippen LogP contribution in [0.3, 0.4) is 0 Å². The van der Waals surface area contributed by atoms with Gasteiger partial charge < -0.3 is 0 Å². The maximum Gasteiger partial charge on any atom is 0.286 e. The molecule has 116 valence electrons. The highest BCUT2D eigenvalue weighted by Gasteiger charge is 2.49. The van der Waals surface area contributed by atoms with Gasteiger partial charge >= 0.3 is 0 Å². The maximum atomic E-state index is 13.1. The Balaban J connectivity index is 2.46. The topological polar surface area (TPSA) is 34.1 Å². The molecule has 0 aliphatic rings. The van der Waals surface area contributed by atoms with E-state index in [1.807, 2.05) is 91.0 Å². The molecule has 0 aromatic heterocycles. The minimum absolute atomic E-state index is 0.889. The van der Waals surface area contributed by atoms with E-state index in [0.717, 1.165) is 15.6 Å². The van der Waals surface area contributed by atoms with E-state index >= 15 is 0 Å². The highest BCUT2D eigenvalue weighted by atomic mass is 32.4. The number of rotatable bonds is 4. The molecule has 3 rings (SSSR count). The van der Waals surface area contributed by atoms with Gasteiger partial charge in [0.05, 0.1) is 0 Å². The van der Waals surface area contributed by atoms with Crippen LogP contribution >= 0.6 is 0 Å². The van der Waals surface area contributed by atoms with Gasteiger partial charge in [0, 0.05) is 6.26 Å². The fourth-order valence-electron chi connectivity index (χ4n) is 3.16. The molecule has 0 atom stereocenters.